The molecule has 10 rings (SSSR count). The summed E-state index contributed by atoms with van der Waals surface area (Å²) in [5.74, 6) is 1.09. The van der Waals surface area contributed by atoms with Crippen molar-refractivity contribution < 1.29 is 0 Å². The monoisotopic (exact) mass is 831 g/mol. The third-order valence-corrected chi connectivity index (χ3v) is 14.9. The molecule has 2 aliphatic rings. The molecule has 1 spiro atoms. The zero-order valence-electron chi connectivity index (χ0n) is 37.8. The number of aromatic nitrogens is 1. The van der Waals surface area contributed by atoms with E-state index in [2.05, 4.69) is 171 Å². The summed E-state index contributed by atoms with van der Waals surface area (Å²) >= 11 is 0. The molecule has 0 fully saturated rings. The van der Waals surface area contributed by atoms with Crippen LogP contribution in [0, 0.1) is 17.9 Å². The van der Waals surface area contributed by atoms with Crippen LogP contribution in [0.4, 0.5) is 5.69 Å². The summed E-state index contributed by atoms with van der Waals surface area (Å²) in [4.78, 5) is 3.91. The minimum Gasteiger partial charge on any atom is -0.309 e. The van der Waals surface area contributed by atoms with Crippen LogP contribution in [0.5, 0.6) is 0 Å². The van der Waals surface area contributed by atoms with Gasteiger partial charge in [-0.1, -0.05) is 157 Å². The Morgan fingerprint density at radius 1 is 0.547 bits per heavy atom. The third-order valence-electron chi connectivity index (χ3n) is 14.9. The minimum absolute atomic E-state index is 0.547. The number of rotatable bonds is 14. The van der Waals surface area contributed by atoms with E-state index in [0.29, 0.717) is 23.1 Å². The van der Waals surface area contributed by atoms with Gasteiger partial charge in [-0.25, -0.2) is 4.85 Å². The van der Waals surface area contributed by atoms with Gasteiger partial charge in [0.05, 0.1) is 34.7 Å². The van der Waals surface area contributed by atoms with Gasteiger partial charge < -0.3 is 4.57 Å². The molecule has 1 heterocycles. The van der Waals surface area contributed by atoms with Gasteiger partial charge in [0.25, 0.3) is 0 Å². The van der Waals surface area contributed by atoms with Gasteiger partial charge in [0.1, 0.15) is 0 Å². The highest BCUT2D eigenvalue weighted by molar-refractivity contribution is 6.10. The van der Waals surface area contributed by atoms with Gasteiger partial charge in [-0.3, -0.25) is 0 Å². The largest absolute Gasteiger partial charge is 0.309 e. The van der Waals surface area contributed by atoms with Crippen LogP contribution in [-0.4, -0.2) is 4.57 Å². The molecule has 7 aromatic carbocycles. The highest BCUT2D eigenvalue weighted by Gasteiger charge is 2.52. The SMILES string of the molecule is [C-]#[N+]c1ccc2c(c1)C1(c3ccccc3-c3ccc(-c4ccc5c(c4)c4ccccc4n5-c4cc(C(CC)CCCCC)cc(C(CC)CCCCC)c4)cc31)c1cc(C#N)ccc1-2. The molecule has 2 aliphatic carbocycles. The Labute approximate surface area is 379 Å². The maximum atomic E-state index is 10.2. The lowest BCUT2D eigenvalue weighted by Gasteiger charge is -2.31. The molecule has 0 N–H and O–H groups in total. The lowest BCUT2D eigenvalue weighted by Crippen LogP contribution is -2.26. The molecular weight excluding hydrogens is 775 g/mol. The number of nitriles is 1. The molecule has 0 amide bonds. The molecule has 3 heteroatoms. The second-order valence-electron chi connectivity index (χ2n) is 18.4. The van der Waals surface area contributed by atoms with Crippen LogP contribution < -0.4 is 0 Å². The molecule has 0 aliphatic heterocycles. The molecule has 316 valence electrons. The molecule has 64 heavy (non-hydrogen) atoms. The Kier molecular flexibility index (Phi) is 11.1. The lowest BCUT2D eigenvalue weighted by atomic mass is 9.70. The van der Waals surface area contributed by atoms with Crippen LogP contribution in [0.3, 0.4) is 0 Å². The van der Waals surface area contributed by atoms with Gasteiger partial charge in [0, 0.05) is 16.5 Å². The Morgan fingerprint density at radius 2 is 1.12 bits per heavy atom. The van der Waals surface area contributed by atoms with E-state index in [-0.39, 0.29) is 0 Å². The average molecular weight is 832 g/mol. The predicted octanol–water partition coefficient (Wildman–Crippen LogP) is 17.4. The number of nitrogens with zero attached hydrogens (tertiary/aromatic N) is 3. The molecule has 3 unspecified atom stereocenters. The van der Waals surface area contributed by atoms with Crippen LogP contribution in [-0.2, 0) is 5.41 Å². The molecule has 0 saturated heterocycles. The van der Waals surface area contributed by atoms with Crippen LogP contribution in [0.2, 0.25) is 0 Å². The number of unbranched alkanes of at least 4 members (excludes halogenated alkanes) is 4. The van der Waals surface area contributed by atoms with Crippen molar-refractivity contribution in [3.8, 4) is 45.1 Å². The quantitative estimate of drug-likeness (QED) is 0.0794. The fourth-order valence-corrected chi connectivity index (χ4v) is 11.7. The first kappa shape index (κ1) is 41.3. The van der Waals surface area contributed by atoms with Crippen LogP contribution >= 0.6 is 0 Å². The van der Waals surface area contributed by atoms with Crippen LogP contribution in [0.25, 0.3) is 65.7 Å². The first-order valence-electron chi connectivity index (χ1n) is 24.0. The van der Waals surface area contributed by atoms with Crippen molar-refractivity contribution in [2.75, 3.05) is 0 Å². The molecule has 0 bridgehead atoms. The van der Waals surface area contributed by atoms with Crippen molar-refractivity contribution in [3.63, 3.8) is 0 Å². The van der Waals surface area contributed by atoms with Crippen LogP contribution in [0.1, 0.15) is 143 Å². The number of hydrogen-bond acceptors (Lipinski definition) is 1. The van der Waals surface area contributed by atoms with Gasteiger partial charge >= 0.3 is 0 Å². The molecular formula is C61H57N3. The topological polar surface area (TPSA) is 33.1 Å². The predicted molar refractivity (Wildman–Crippen MR) is 268 cm³/mol. The fraction of sp³-hybridized carbons (Fsp3) is 0.279. The van der Waals surface area contributed by atoms with Crippen LogP contribution in [0.15, 0.2) is 140 Å². The van der Waals surface area contributed by atoms with E-state index in [0.717, 1.165) is 40.7 Å². The van der Waals surface area contributed by atoms with E-state index < -0.39 is 5.41 Å². The van der Waals surface area contributed by atoms with E-state index in [1.54, 1.807) is 0 Å². The van der Waals surface area contributed by atoms with E-state index in [1.165, 1.54) is 118 Å². The summed E-state index contributed by atoms with van der Waals surface area (Å²) in [6.07, 6.45) is 12.4. The molecule has 3 atom stereocenters. The first-order chi connectivity index (χ1) is 31.5. The van der Waals surface area contributed by atoms with Gasteiger partial charge in [0.2, 0.25) is 0 Å². The molecule has 0 saturated carbocycles. The number of benzene rings is 7. The highest BCUT2D eigenvalue weighted by atomic mass is 15.0. The maximum Gasteiger partial charge on any atom is 0.187 e. The summed E-state index contributed by atoms with van der Waals surface area (Å²) in [7, 11) is 0. The van der Waals surface area contributed by atoms with E-state index in [4.69, 9.17) is 6.57 Å². The summed E-state index contributed by atoms with van der Waals surface area (Å²) in [6.45, 7) is 17.4. The van der Waals surface area contributed by atoms with E-state index in [1.807, 2.05) is 12.1 Å². The van der Waals surface area contributed by atoms with Crippen molar-refractivity contribution >= 4 is 27.5 Å². The first-order valence-corrected chi connectivity index (χ1v) is 24.0. The van der Waals surface area contributed by atoms with Crippen molar-refractivity contribution in [1.29, 1.82) is 5.26 Å². The molecule has 0 radical (unpaired) electrons. The highest BCUT2D eigenvalue weighted by Crippen LogP contribution is 2.63. The smallest absolute Gasteiger partial charge is 0.187 e. The second-order valence-corrected chi connectivity index (χ2v) is 18.4. The minimum atomic E-state index is -0.664. The molecule has 1 aromatic heterocycles. The Balaban J connectivity index is 1.15. The Bertz CT molecular complexity index is 3060. The third kappa shape index (κ3) is 6.60. The molecule has 8 aromatic rings. The summed E-state index contributed by atoms with van der Waals surface area (Å²) in [6, 6.07) is 54.1. The van der Waals surface area contributed by atoms with E-state index >= 15 is 0 Å². The van der Waals surface area contributed by atoms with Crippen molar-refractivity contribution in [2.24, 2.45) is 0 Å². The number of fused-ring (bicyclic) bond motifs is 13. The van der Waals surface area contributed by atoms with E-state index in [9.17, 15) is 5.26 Å². The van der Waals surface area contributed by atoms with Gasteiger partial charge in [-0.2, -0.15) is 5.26 Å². The number of para-hydroxylation sites is 1. The normalized spacial score (nSPS) is 15.4. The van der Waals surface area contributed by atoms with Crippen molar-refractivity contribution in [3.05, 3.63) is 190 Å². The summed E-state index contributed by atoms with van der Waals surface area (Å²) in [5, 5.41) is 12.7. The van der Waals surface area contributed by atoms with Gasteiger partial charge in [-0.15, -0.1) is 0 Å². The lowest BCUT2D eigenvalue weighted by molar-refractivity contribution is 0.542. The van der Waals surface area contributed by atoms with Gasteiger partial charge in [-0.05, 0) is 153 Å². The Hall–Kier alpha value is -6.68. The standard InChI is InChI=1S/C61H57N3/c1-6-10-12-18-41(8-3)45-33-46(42(9-4)19-13-11-7-2)35-48(34-45)64-59-23-17-15-21-53(59)54-36-43(26-31-60(54)64)44-25-29-51-49-20-14-16-22-55(49)61(57(51)37-44)56-32-40(39-62)24-28-50(56)52-30-27-47(63-5)38-58(52)61/h14-17,20-38,41-42H,6-13,18-19H2,1-4H3. The summed E-state index contributed by atoms with van der Waals surface area (Å²) in [5.41, 5.74) is 18.9. The van der Waals surface area contributed by atoms with Gasteiger partial charge in [0.15, 0.2) is 5.69 Å². The van der Waals surface area contributed by atoms with Crippen molar-refractivity contribution in [1.82, 2.24) is 4.57 Å². The second kappa shape index (κ2) is 17.1. The Morgan fingerprint density at radius 3 is 1.81 bits per heavy atom. The zero-order chi connectivity index (χ0) is 44.0. The van der Waals surface area contributed by atoms with Crippen molar-refractivity contribution in [2.45, 2.75) is 109 Å². The summed E-state index contributed by atoms with van der Waals surface area (Å²) < 4.78 is 2.54. The molecule has 3 nitrogen and oxygen atoms in total. The average Bonchev–Trinajstić information content (AvgIpc) is 3.94. The fourth-order valence-electron chi connectivity index (χ4n) is 11.7. The zero-order valence-corrected chi connectivity index (χ0v) is 37.8. The maximum absolute atomic E-state index is 10.2. The number of hydrogen-bond donors (Lipinski definition) is 0.